The molecule has 0 saturated heterocycles. The second-order valence-corrected chi connectivity index (χ2v) is 4.34. The van der Waals surface area contributed by atoms with E-state index < -0.39 is 4.92 Å². The van der Waals surface area contributed by atoms with Gasteiger partial charge in [-0.3, -0.25) is 10.1 Å². The van der Waals surface area contributed by atoms with Crippen LogP contribution in [0.4, 0.5) is 5.69 Å². The molecule has 0 unspecified atom stereocenters. The minimum atomic E-state index is -0.454. The van der Waals surface area contributed by atoms with Gasteiger partial charge in [-0.15, -0.1) is 0 Å². The molecular formula is C16H16N2O5. The number of hydrogen-bond donors (Lipinski definition) is 0. The molecule has 2 aromatic rings. The highest BCUT2D eigenvalue weighted by Gasteiger charge is 2.05. The average Bonchev–Trinajstić information content (AvgIpc) is 2.57. The van der Waals surface area contributed by atoms with Crippen molar-refractivity contribution in [3.8, 4) is 17.2 Å². The first kappa shape index (κ1) is 16.3. The van der Waals surface area contributed by atoms with Gasteiger partial charge in [-0.05, 0) is 43.3 Å². The van der Waals surface area contributed by atoms with Gasteiger partial charge < -0.3 is 14.3 Å². The van der Waals surface area contributed by atoms with Crippen LogP contribution in [-0.2, 0) is 4.84 Å². The summed E-state index contributed by atoms with van der Waals surface area (Å²) in [5.74, 6) is 1.80. The third kappa shape index (κ3) is 5.31. The van der Waals surface area contributed by atoms with Gasteiger partial charge >= 0.3 is 0 Å². The third-order valence-electron chi connectivity index (χ3n) is 2.71. The third-order valence-corrected chi connectivity index (χ3v) is 2.71. The highest BCUT2D eigenvalue weighted by molar-refractivity contribution is 5.58. The van der Waals surface area contributed by atoms with Crippen molar-refractivity contribution in [2.75, 3.05) is 13.2 Å². The molecule has 0 aliphatic rings. The van der Waals surface area contributed by atoms with Crippen molar-refractivity contribution in [2.45, 2.75) is 6.92 Å². The Balaban J connectivity index is 1.88. The lowest BCUT2D eigenvalue weighted by atomic mass is 10.3. The summed E-state index contributed by atoms with van der Waals surface area (Å²) in [6.45, 7) is 2.68. The normalized spacial score (nSPS) is 10.5. The standard InChI is InChI=1S/C16H16N2O5/c1-2-22-17-11-12-21-14-7-9-16(10-8-14)23-15-5-3-13(4-6-15)18(19)20/h3-11H,2,12H2,1H3/b17-11+. The van der Waals surface area contributed by atoms with E-state index in [0.717, 1.165) is 0 Å². The van der Waals surface area contributed by atoms with E-state index >= 15 is 0 Å². The van der Waals surface area contributed by atoms with Crippen LogP contribution in [-0.4, -0.2) is 24.4 Å². The molecule has 2 rings (SSSR count). The monoisotopic (exact) mass is 316 g/mol. The van der Waals surface area contributed by atoms with Crippen LogP contribution in [0.3, 0.4) is 0 Å². The van der Waals surface area contributed by atoms with Gasteiger partial charge in [0.25, 0.3) is 5.69 Å². The number of nitrogens with zero attached hydrogens (tertiary/aromatic N) is 2. The maximum absolute atomic E-state index is 10.6. The van der Waals surface area contributed by atoms with Crippen LogP contribution in [0.15, 0.2) is 53.7 Å². The van der Waals surface area contributed by atoms with Crippen LogP contribution in [0.25, 0.3) is 0 Å². The average molecular weight is 316 g/mol. The Kier molecular flexibility index (Phi) is 5.93. The predicted octanol–water partition coefficient (Wildman–Crippen LogP) is 3.79. The van der Waals surface area contributed by atoms with Gasteiger partial charge in [0.05, 0.1) is 11.1 Å². The number of benzene rings is 2. The van der Waals surface area contributed by atoms with E-state index in [1.807, 2.05) is 6.92 Å². The molecule has 0 aliphatic carbocycles. The molecule has 0 radical (unpaired) electrons. The zero-order valence-corrected chi connectivity index (χ0v) is 12.5. The zero-order chi connectivity index (χ0) is 16.5. The Morgan fingerprint density at radius 2 is 1.61 bits per heavy atom. The number of oxime groups is 1. The molecule has 7 nitrogen and oxygen atoms in total. The molecule has 23 heavy (non-hydrogen) atoms. The van der Waals surface area contributed by atoms with E-state index in [1.54, 1.807) is 36.4 Å². The summed E-state index contributed by atoms with van der Waals surface area (Å²) < 4.78 is 11.0. The first-order chi connectivity index (χ1) is 11.2. The molecule has 0 N–H and O–H groups in total. The zero-order valence-electron chi connectivity index (χ0n) is 12.5. The van der Waals surface area contributed by atoms with E-state index in [1.165, 1.54) is 18.3 Å². The molecule has 0 spiro atoms. The lowest BCUT2D eigenvalue weighted by molar-refractivity contribution is -0.384. The Bertz CT molecular complexity index is 653. The van der Waals surface area contributed by atoms with Gasteiger partial charge in [-0.1, -0.05) is 5.16 Å². The van der Waals surface area contributed by atoms with Crippen LogP contribution >= 0.6 is 0 Å². The summed E-state index contributed by atoms with van der Waals surface area (Å²) in [5.41, 5.74) is 0.0230. The molecule has 7 heteroatoms. The van der Waals surface area contributed by atoms with Crippen molar-refractivity contribution < 1.29 is 19.2 Å². The first-order valence-electron chi connectivity index (χ1n) is 6.98. The molecular weight excluding hydrogens is 300 g/mol. The molecule has 0 aliphatic heterocycles. The summed E-state index contributed by atoms with van der Waals surface area (Å²) in [5, 5.41) is 14.3. The first-order valence-corrected chi connectivity index (χ1v) is 6.98. The maximum Gasteiger partial charge on any atom is 0.269 e. The predicted molar refractivity (Wildman–Crippen MR) is 85.2 cm³/mol. The van der Waals surface area contributed by atoms with E-state index in [-0.39, 0.29) is 5.69 Å². The lowest BCUT2D eigenvalue weighted by Crippen LogP contribution is -1.98. The van der Waals surface area contributed by atoms with Crippen molar-refractivity contribution in [1.29, 1.82) is 0 Å². The number of non-ortho nitro benzene ring substituents is 1. The molecule has 0 bridgehead atoms. The van der Waals surface area contributed by atoms with Crippen molar-refractivity contribution in [3.05, 3.63) is 58.6 Å². The van der Waals surface area contributed by atoms with E-state index in [0.29, 0.717) is 30.5 Å². The van der Waals surface area contributed by atoms with Gasteiger partial charge in [-0.25, -0.2) is 0 Å². The summed E-state index contributed by atoms with van der Waals surface area (Å²) >= 11 is 0. The SMILES string of the molecule is CCO/N=C/COc1ccc(Oc2ccc([N+](=O)[O-])cc2)cc1. The quantitative estimate of drug-likeness (QED) is 0.420. The van der Waals surface area contributed by atoms with Gasteiger partial charge in [-0.2, -0.15) is 0 Å². The summed E-state index contributed by atoms with van der Waals surface area (Å²) in [7, 11) is 0. The lowest BCUT2D eigenvalue weighted by Gasteiger charge is -2.07. The summed E-state index contributed by atoms with van der Waals surface area (Å²) in [6, 6.07) is 12.9. The van der Waals surface area contributed by atoms with E-state index in [2.05, 4.69) is 5.16 Å². The Morgan fingerprint density at radius 3 is 2.17 bits per heavy atom. The molecule has 120 valence electrons. The van der Waals surface area contributed by atoms with Gasteiger partial charge in [0, 0.05) is 12.1 Å². The van der Waals surface area contributed by atoms with Crippen molar-refractivity contribution >= 4 is 11.9 Å². The van der Waals surface area contributed by atoms with Crippen LogP contribution in [0.2, 0.25) is 0 Å². The summed E-state index contributed by atoms with van der Waals surface area (Å²) in [6.07, 6.45) is 1.53. The number of nitro groups is 1. The largest absolute Gasteiger partial charge is 0.488 e. The number of hydrogen-bond acceptors (Lipinski definition) is 6. The van der Waals surface area contributed by atoms with Gasteiger partial charge in [0.15, 0.2) is 0 Å². The Labute approximate surface area is 133 Å². The molecule has 0 amide bonds. The Hall–Kier alpha value is -3.09. The van der Waals surface area contributed by atoms with Crippen LogP contribution in [0.1, 0.15) is 6.92 Å². The molecule has 0 saturated carbocycles. The number of nitro benzene ring substituents is 1. The van der Waals surface area contributed by atoms with E-state index in [4.69, 9.17) is 14.3 Å². The van der Waals surface area contributed by atoms with E-state index in [9.17, 15) is 10.1 Å². The highest BCUT2D eigenvalue weighted by Crippen LogP contribution is 2.25. The fourth-order valence-electron chi connectivity index (χ4n) is 1.67. The van der Waals surface area contributed by atoms with Crippen molar-refractivity contribution in [1.82, 2.24) is 0 Å². The van der Waals surface area contributed by atoms with Crippen LogP contribution < -0.4 is 9.47 Å². The van der Waals surface area contributed by atoms with Crippen molar-refractivity contribution in [2.24, 2.45) is 5.16 Å². The number of rotatable bonds is 8. The topological polar surface area (TPSA) is 83.2 Å². The summed E-state index contributed by atoms with van der Waals surface area (Å²) in [4.78, 5) is 14.9. The maximum atomic E-state index is 10.6. The number of ether oxygens (including phenoxy) is 2. The smallest absolute Gasteiger partial charge is 0.269 e. The van der Waals surface area contributed by atoms with Gasteiger partial charge in [0.1, 0.15) is 30.5 Å². The van der Waals surface area contributed by atoms with Crippen LogP contribution in [0, 0.1) is 10.1 Å². The highest BCUT2D eigenvalue weighted by atomic mass is 16.6. The molecule has 2 aromatic carbocycles. The second kappa shape index (κ2) is 8.38. The van der Waals surface area contributed by atoms with Crippen molar-refractivity contribution in [3.63, 3.8) is 0 Å². The van der Waals surface area contributed by atoms with Gasteiger partial charge in [0.2, 0.25) is 0 Å². The fourth-order valence-corrected chi connectivity index (χ4v) is 1.67. The second-order valence-electron chi connectivity index (χ2n) is 4.34. The minimum Gasteiger partial charge on any atom is -0.488 e. The molecule has 0 atom stereocenters. The minimum absolute atomic E-state index is 0.0230. The molecule has 0 heterocycles. The molecule has 0 aromatic heterocycles. The Morgan fingerprint density at radius 1 is 1.04 bits per heavy atom. The fraction of sp³-hybridized carbons (Fsp3) is 0.188. The molecule has 0 fully saturated rings. The van der Waals surface area contributed by atoms with Crippen LogP contribution in [0.5, 0.6) is 17.2 Å².